The Morgan fingerprint density at radius 1 is 1.12 bits per heavy atom. The number of aryl methyl sites for hydroxylation is 1. The summed E-state index contributed by atoms with van der Waals surface area (Å²) in [7, 11) is 1.76. The van der Waals surface area contributed by atoms with Crippen molar-refractivity contribution >= 4 is 29.9 Å². The summed E-state index contributed by atoms with van der Waals surface area (Å²) in [6.07, 6.45) is -0.0441. The first-order valence-corrected chi connectivity index (χ1v) is 8.13. The number of benzene rings is 2. The monoisotopic (exact) mass is 453 g/mol. The van der Waals surface area contributed by atoms with E-state index in [1.807, 2.05) is 24.3 Å². The van der Waals surface area contributed by atoms with E-state index < -0.39 is 0 Å². The Morgan fingerprint density at radius 2 is 1.92 bits per heavy atom. The zero-order valence-corrected chi connectivity index (χ0v) is 16.8. The molecule has 1 aliphatic heterocycles. The van der Waals surface area contributed by atoms with Gasteiger partial charge in [0.2, 0.25) is 0 Å². The van der Waals surface area contributed by atoms with Crippen molar-refractivity contribution in [3.05, 3.63) is 59.7 Å². The second-order valence-corrected chi connectivity index (χ2v) is 5.79. The predicted octanol–water partition coefficient (Wildman–Crippen LogP) is 3.12. The first-order chi connectivity index (χ1) is 11.7. The average molecular weight is 453 g/mol. The van der Waals surface area contributed by atoms with Gasteiger partial charge in [-0.15, -0.1) is 24.0 Å². The maximum Gasteiger partial charge on any atom is 0.191 e. The summed E-state index contributed by atoms with van der Waals surface area (Å²) >= 11 is 0. The molecule has 1 heterocycles. The van der Waals surface area contributed by atoms with E-state index in [1.54, 1.807) is 7.05 Å². The minimum atomic E-state index is -0.0441. The molecule has 0 aromatic heterocycles. The Balaban J connectivity index is 0.00000225. The fourth-order valence-corrected chi connectivity index (χ4v) is 2.60. The van der Waals surface area contributed by atoms with Crippen LogP contribution in [0.25, 0.3) is 0 Å². The number of ether oxygens (including phenoxy) is 2. The van der Waals surface area contributed by atoms with Crippen LogP contribution >= 0.6 is 24.0 Å². The van der Waals surface area contributed by atoms with Crippen LogP contribution in [0.4, 0.5) is 0 Å². The minimum absolute atomic E-state index is 0. The third-order valence-corrected chi connectivity index (χ3v) is 3.83. The summed E-state index contributed by atoms with van der Waals surface area (Å²) in [5, 5.41) is 6.60. The molecule has 1 atom stereocenters. The van der Waals surface area contributed by atoms with E-state index in [2.05, 4.69) is 46.8 Å². The Morgan fingerprint density at radius 3 is 2.68 bits per heavy atom. The zero-order chi connectivity index (χ0) is 16.8. The standard InChI is InChI=1S/C19H23N3O2.HI/c1-14-6-5-7-15(10-14)11-21-19(20-2)22-12-16-13-23-17-8-3-4-9-18(17)24-16;/h3-10,16H,11-13H2,1-2H3,(H2,20,21,22);1H. The van der Waals surface area contributed by atoms with Gasteiger partial charge in [0.15, 0.2) is 17.5 Å². The summed E-state index contributed by atoms with van der Waals surface area (Å²) in [4.78, 5) is 4.25. The van der Waals surface area contributed by atoms with E-state index in [1.165, 1.54) is 11.1 Å². The largest absolute Gasteiger partial charge is 0.486 e. The quantitative estimate of drug-likeness (QED) is 0.425. The van der Waals surface area contributed by atoms with Gasteiger partial charge in [-0.1, -0.05) is 42.0 Å². The van der Waals surface area contributed by atoms with Crippen LogP contribution in [0.15, 0.2) is 53.5 Å². The molecule has 6 heteroatoms. The van der Waals surface area contributed by atoms with Gasteiger partial charge in [-0.25, -0.2) is 0 Å². The molecular weight excluding hydrogens is 429 g/mol. The van der Waals surface area contributed by atoms with Crippen molar-refractivity contribution in [2.45, 2.75) is 19.6 Å². The van der Waals surface area contributed by atoms with Gasteiger partial charge in [-0.3, -0.25) is 4.99 Å². The molecule has 134 valence electrons. The second kappa shape index (κ2) is 9.50. The van der Waals surface area contributed by atoms with Gasteiger partial charge in [0.25, 0.3) is 0 Å². The number of halogens is 1. The lowest BCUT2D eigenvalue weighted by Gasteiger charge is -2.27. The maximum absolute atomic E-state index is 5.94. The molecule has 2 aromatic rings. The Labute approximate surface area is 165 Å². The molecule has 5 nitrogen and oxygen atoms in total. The molecule has 0 radical (unpaired) electrons. The number of nitrogens with one attached hydrogen (secondary N) is 2. The predicted molar refractivity (Wildman–Crippen MR) is 111 cm³/mol. The molecular formula is C19H24IN3O2. The van der Waals surface area contributed by atoms with Gasteiger partial charge in [0.1, 0.15) is 12.7 Å². The van der Waals surface area contributed by atoms with Crippen molar-refractivity contribution in [3.63, 3.8) is 0 Å². The van der Waals surface area contributed by atoms with Crippen LogP contribution < -0.4 is 20.1 Å². The highest BCUT2D eigenvalue weighted by Crippen LogP contribution is 2.30. The van der Waals surface area contributed by atoms with Gasteiger partial charge in [0, 0.05) is 13.6 Å². The van der Waals surface area contributed by atoms with E-state index >= 15 is 0 Å². The van der Waals surface area contributed by atoms with Crippen LogP contribution in [0.2, 0.25) is 0 Å². The summed E-state index contributed by atoms with van der Waals surface area (Å²) < 4.78 is 11.7. The molecule has 0 aliphatic carbocycles. The minimum Gasteiger partial charge on any atom is -0.486 e. The summed E-state index contributed by atoms with van der Waals surface area (Å²) in [6, 6.07) is 16.1. The molecule has 2 aromatic carbocycles. The van der Waals surface area contributed by atoms with Crippen LogP contribution in [0.1, 0.15) is 11.1 Å². The van der Waals surface area contributed by atoms with Crippen LogP contribution in [0.5, 0.6) is 11.5 Å². The second-order valence-electron chi connectivity index (χ2n) is 5.79. The average Bonchev–Trinajstić information content (AvgIpc) is 2.62. The first kappa shape index (κ1) is 19.4. The number of para-hydroxylation sites is 2. The van der Waals surface area contributed by atoms with E-state index in [9.17, 15) is 0 Å². The van der Waals surface area contributed by atoms with Gasteiger partial charge in [0.05, 0.1) is 6.54 Å². The van der Waals surface area contributed by atoms with E-state index in [4.69, 9.17) is 9.47 Å². The molecule has 0 bridgehead atoms. The molecule has 1 aliphatic rings. The lowest BCUT2D eigenvalue weighted by Crippen LogP contribution is -2.45. The number of guanidine groups is 1. The highest BCUT2D eigenvalue weighted by atomic mass is 127. The van der Waals surface area contributed by atoms with Crippen molar-refractivity contribution in [3.8, 4) is 11.5 Å². The van der Waals surface area contributed by atoms with E-state index in [0.717, 1.165) is 24.0 Å². The van der Waals surface area contributed by atoms with E-state index in [0.29, 0.717) is 13.2 Å². The van der Waals surface area contributed by atoms with Crippen molar-refractivity contribution in [1.82, 2.24) is 10.6 Å². The van der Waals surface area contributed by atoms with Crippen LogP contribution in [-0.4, -0.2) is 32.3 Å². The molecule has 25 heavy (non-hydrogen) atoms. The smallest absolute Gasteiger partial charge is 0.191 e. The van der Waals surface area contributed by atoms with Gasteiger partial charge in [-0.2, -0.15) is 0 Å². The van der Waals surface area contributed by atoms with Gasteiger partial charge >= 0.3 is 0 Å². The van der Waals surface area contributed by atoms with Crippen LogP contribution in [0, 0.1) is 6.92 Å². The number of aliphatic imine (C=N–C) groups is 1. The Bertz CT molecular complexity index is 721. The van der Waals surface area contributed by atoms with Crippen LogP contribution in [0.3, 0.4) is 0 Å². The number of hydrogen-bond acceptors (Lipinski definition) is 3. The lowest BCUT2D eigenvalue weighted by atomic mass is 10.1. The fourth-order valence-electron chi connectivity index (χ4n) is 2.60. The molecule has 2 N–H and O–H groups in total. The van der Waals surface area contributed by atoms with Crippen molar-refractivity contribution < 1.29 is 9.47 Å². The molecule has 1 unspecified atom stereocenters. The summed E-state index contributed by atoms with van der Waals surface area (Å²) in [5.74, 6) is 2.34. The molecule has 3 rings (SSSR count). The fraction of sp³-hybridized carbons (Fsp3) is 0.316. The van der Waals surface area contributed by atoms with Crippen LogP contribution in [-0.2, 0) is 6.54 Å². The number of hydrogen-bond donors (Lipinski definition) is 2. The van der Waals surface area contributed by atoms with Gasteiger partial charge in [-0.05, 0) is 24.6 Å². The normalized spacial score (nSPS) is 15.9. The third kappa shape index (κ3) is 5.52. The van der Waals surface area contributed by atoms with Crippen molar-refractivity contribution in [2.24, 2.45) is 4.99 Å². The van der Waals surface area contributed by atoms with Crippen molar-refractivity contribution in [2.75, 3.05) is 20.2 Å². The molecule has 0 saturated carbocycles. The SMILES string of the molecule is CN=C(NCc1cccc(C)c1)NCC1COc2ccccc2O1.I. The molecule has 0 amide bonds. The maximum atomic E-state index is 5.94. The molecule has 0 saturated heterocycles. The highest BCUT2D eigenvalue weighted by Gasteiger charge is 2.20. The first-order valence-electron chi connectivity index (χ1n) is 8.13. The third-order valence-electron chi connectivity index (χ3n) is 3.83. The Kier molecular flexibility index (Phi) is 7.36. The molecule has 0 spiro atoms. The van der Waals surface area contributed by atoms with Crippen molar-refractivity contribution in [1.29, 1.82) is 0 Å². The zero-order valence-electron chi connectivity index (χ0n) is 14.5. The lowest BCUT2D eigenvalue weighted by molar-refractivity contribution is 0.0936. The molecule has 0 fully saturated rings. The number of rotatable bonds is 4. The highest BCUT2D eigenvalue weighted by molar-refractivity contribution is 14.0. The Hall–Kier alpha value is -1.96. The summed E-state index contributed by atoms with van der Waals surface area (Å²) in [5.41, 5.74) is 2.48. The number of fused-ring (bicyclic) bond motifs is 1. The number of nitrogens with zero attached hydrogens (tertiary/aromatic N) is 1. The summed E-state index contributed by atoms with van der Waals surface area (Å²) in [6.45, 7) is 3.97. The van der Waals surface area contributed by atoms with E-state index in [-0.39, 0.29) is 30.1 Å². The topological polar surface area (TPSA) is 54.9 Å². The van der Waals surface area contributed by atoms with Gasteiger partial charge < -0.3 is 20.1 Å².